The summed E-state index contributed by atoms with van der Waals surface area (Å²) in [5.74, 6) is 2.59. The Bertz CT molecular complexity index is 783. The highest BCUT2D eigenvalue weighted by Crippen LogP contribution is 2.18. The molecule has 1 aromatic carbocycles. The molecule has 1 aromatic heterocycles. The summed E-state index contributed by atoms with van der Waals surface area (Å²) in [4.78, 5) is 27.9. The average molecular weight is 369 g/mol. The Labute approximate surface area is 160 Å². The van der Waals surface area contributed by atoms with Crippen LogP contribution in [0, 0.1) is 6.92 Å². The maximum atomic E-state index is 12.6. The molecule has 2 aromatic rings. The van der Waals surface area contributed by atoms with Crippen molar-refractivity contribution in [2.45, 2.75) is 13.3 Å². The molecule has 27 heavy (non-hydrogen) atoms. The van der Waals surface area contributed by atoms with E-state index >= 15 is 0 Å². The van der Waals surface area contributed by atoms with E-state index in [0.717, 1.165) is 41.9 Å². The molecule has 0 unspecified atom stereocenters. The van der Waals surface area contributed by atoms with E-state index in [1.54, 1.807) is 7.11 Å². The van der Waals surface area contributed by atoms with Gasteiger partial charge in [0, 0.05) is 52.0 Å². The van der Waals surface area contributed by atoms with Gasteiger partial charge in [-0.15, -0.1) is 0 Å². The quantitative estimate of drug-likeness (QED) is 0.800. The minimum Gasteiger partial charge on any atom is -0.497 e. The predicted molar refractivity (Wildman–Crippen MR) is 107 cm³/mol. The number of hydrogen-bond donors (Lipinski definition) is 0. The maximum Gasteiger partial charge on any atom is 0.227 e. The molecule has 3 rings (SSSR count). The minimum absolute atomic E-state index is 0.152. The van der Waals surface area contributed by atoms with E-state index in [-0.39, 0.29) is 5.91 Å². The molecule has 7 nitrogen and oxygen atoms in total. The topological polar surface area (TPSA) is 61.8 Å². The molecule has 1 aliphatic rings. The zero-order chi connectivity index (χ0) is 19.4. The molecule has 0 radical (unpaired) electrons. The Morgan fingerprint density at radius 1 is 1.11 bits per heavy atom. The number of ether oxygens (including phenoxy) is 1. The molecule has 7 heteroatoms. The Morgan fingerprint density at radius 2 is 1.78 bits per heavy atom. The van der Waals surface area contributed by atoms with Crippen LogP contribution in [-0.2, 0) is 11.2 Å². The van der Waals surface area contributed by atoms with Crippen molar-refractivity contribution < 1.29 is 9.53 Å². The van der Waals surface area contributed by atoms with Gasteiger partial charge in [0.05, 0.1) is 13.5 Å². The van der Waals surface area contributed by atoms with Crippen molar-refractivity contribution in [3.8, 4) is 5.75 Å². The second kappa shape index (κ2) is 8.24. The van der Waals surface area contributed by atoms with Gasteiger partial charge in [-0.3, -0.25) is 4.79 Å². The Morgan fingerprint density at radius 3 is 2.37 bits per heavy atom. The monoisotopic (exact) mass is 369 g/mol. The van der Waals surface area contributed by atoms with Gasteiger partial charge in [-0.25, -0.2) is 4.98 Å². The molecule has 1 aliphatic heterocycles. The van der Waals surface area contributed by atoms with Crippen molar-refractivity contribution in [1.82, 2.24) is 14.9 Å². The third-order valence-corrected chi connectivity index (χ3v) is 4.72. The molecular weight excluding hydrogens is 342 g/mol. The Hall–Kier alpha value is -2.83. The van der Waals surface area contributed by atoms with Crippen LogP contribution in [0.2, 0.25) is 0 Å². The fraction of sp³-hybridized carbons (Fsp3) is 0.450. The maximum absolute atomic E-state index is 12.6. The summed E-state index contributed by atoms with van der Waals surface area (Å²) in [5.41, 5.74) is 1.95. The van der Waals surface area contributed by atoms with Crippen LogP contribution >= 0.6 is 0 Å². The summed E-state index contributed by atoms with van der Waals surface area (Å²) in [7, 11) is 5.59. The smallest absolute Gasteiger partial charge is 0.227 e. The summed E-state index contributed by atoms with van der Waals surface area (Å²) >= 11 is 0. The molecule has 0 spiro atoms. The molecule has 0 N–H and O–H groups in total. The van der Waals surface area contributed by atoms with E-state index in [1.807, 2.05) is 61.2 Å². The van der Waals surface area contributed by atoms with Crippen LogP contribution in [-0.4, -0.2) is 68.2 Å². The minimum atomic E-state index is 0.152. The first-order valence-electron chi connectivity index (χ1n) is 9.15. The summed E-state index contributed by atoms with van der Waals surface area (Å²) < 4.78 is 5.16. The third-order valence-electron chi connectivity index (χ3n) is 4.72. The molecule has 0 saturated carbocycles. The van der Waals surface area contributed by atoms with Crippen LogP contribution in [0.4, 0.5) is 11.8 Å². The summed E-state index contributed by atoms with van der Waals surface area (Å²) in [6, 6.07) is 9.63. The van der Waals surface area contributed by atoms with Gasteiger partial charge in [-0.1, -0.05) is 12.1 Å². The highest BCUT2D eigenvalue weighted by atomic mass is 16.5. The fourth-order valence-corrected chi connectivity index (χ4v) is 3.09. The number of methoxy groups -OCH3 is 1. The lowest BCUT2D eigenvalue weighted by Gasteiger charge is -2.35. The number of rotatable bonds is 5. The highest BCUT2D eigenvalue weighted by molar-refractivity contribution is 5.79. The second-order valence-electron chi connectivity index (χ2n) is 6.95. The molecule has 0 atom stereocenters. The van der Waals surface area contributed by atoms with Crippen LogP contribution in [0.25, 0.3) is 0 Å². The Kier molecular flexibility index (Phi) is 5.78. The van der Waals surface area contributed by atoms with Crippen molar-refractivity contribution in [3.63, 3.8) is 0 Å². The van der Waals surface area contributed by atoms with Gasteiger partial charge in [0.15, 0.2) is 0 Å². The number of benzene rings is 1. The third kappa shape index (κ3) is 4.67. The van der Waals surface area contributed by atoms with E-state index in [9.17, 15) is 4.79 Å². The van der Waals surface area contributed by atoms with Crippen molar-refractivity contribution in [2.24, 2.45) is 0 Å². The molecular formula is C20H27N5O2. The summed E-state index contributed by atoms with van der Waals surface area (Å²) in [6.07, 6.45) is 0.412. The second-order valence-corrected chi connectivity index (χ2v) is 6.95. The molecule has 2 heterocycles. The number of aromatic nitrogens is 2. The van der Waals surface area contributed by atoms with Gasteiger partial charge < -0.3 is 19.4 Å². The van der Waals surface area contributed by atoms with Gasteiger partial charge in [0.2, 0.25) is 11.9 Å². The first-order chi connectivity index (χ1) is 13.0. The molecule has 0 aliphatic carbocycles. The zero-order valence-electron chi connectivity index (χ0n) is 16.5. The van der Waals surface area contributed by atoms with E-state index in [0.29, 0.717) is 19.5 Å². The van der Waals surface area contributed by atoms with E-state index in [4.69, 9.17) is 4.74 Å². The number of piperazine rings is 1. The molecule has 144 valence electrons. The van der Waals surface area contributed by atoms with Crippen molar-refractivity contribution >= 4 is 17.7 Å². The zero-order valence-corrected chi connectivity index (χ0v) is 16.5. The van der Waals surface area contributed by atoms with Gasteiger partial charge in [0.25, 0.3) is 0 Å². The number of anilines is 2. The van der Waals surface area contributed by atoms with E-state index in [2.05, 4.69) is 14.9 Å². The first kappa shape index (κ1) is 18.9. The molecule has 1 fully saturated rings. The van der Waals surface area contributed by atoms with E-state index in [1.165, 1.54) is 0 Å². The van der Waals surface area contributed by atoms with Crippen LogP contribution < -0.4 is 14.5 Å². The number of carbonyl (C=O) groups is 1. The molecule has 1 amide bonds. The normalized spacial score (nSPS) is 14.2. The van der Waals surface area contributed by atoms with Crippen LogP contribution in [0.5, 0.6) is 5.75 Å². The van der Waals surface area contributed by atoms with Crippen molar-refractivity contribution in [1.29, 1.82) is 0 Å². The molecule has 1 saturated heterocycles. The van der Waals surface area contributed by atoms with Crippen molar-refractivity contribution in [3.05, 3.63) is 41.6 Å². The lowest BCUT2D eigenvalue weighted by Crippen LogP contribution is -2.49. The average Bonchev–Trinajstić information content (AvgIpc) is 2.68. The first-order valence-corrected chi connectivity index (χ1v) is 9.15. The largest absolute Gasteiger partial charge is 0.497 e. The van der Waals surface area contributed by atoms with Crippen LogP contribution in [0.15, 0.2) is 30.3 Å². The number of amides is 1. The Balaban J connectivity index is 1.59. The lowest BCUT2D eigenvalue weighted by molar-refractivity contribution is -0.130. The van der Waals surface area contributed by atoms with Gasteiger partial charge in [0.1, 0.15) is 11.6 Å². The summed E-state index contributed by atoms with van der Waals surface area (Å²) in [5, 5.41) is 0. The van der Waals surface area contributed by atoms with Gasteiger partial charge in [-0.05, 0) is 24.6 Å². The number of nitrogens with zero attached hydrogens (tertiary/aromatic N) is 5. The van der Waals surface area contributed by atoms with Gasteiger partial charge in [-0.2, -0.15) is 4.98 Å². The van der Waals surface area contributed by atoms with Crippen LogP contribution in [0.3, 0.4) is 0 Å². The fourth-order valence-electron chi connectivity index (χ4n) is 3.09. The number of aryl methyl sites for hydroxylation is 1. The standard InChI is InChI=1S/C20H27N5O2/c1-15-13-18(23(2)3)22-20(21-15)25-11-9-24(10-12-25)19(26)14-16-5-7-17(27-4)8-6-16/h5-8,13H,9-12,14H2,1-4H3. The predicted octanol–water partition coefficient (Wildman–Crippen LogP) is 1.75. The molecule has 0 bridgehead atoms. The van der Waals surface area contributed by atoms with E-state index < -0.39 is 0 Å². The SMILES string of the molecule is COc1ccc(CC(=O)N2CCN(c3nc(C)cc(N(C)C)n3)CC2)cc1. The lowest BCUT2D eigenvalue weighted by atomic mass is 10.1. The van der Waals surface area contributed by atoms with Crippen molar-refractivity contribution in [2.75, 3.05) is 57.2 Å². The highest BCUT2D eigenvalue weighted by Gasteiger charge is 2.23. The number of hydrogen-bond acceptors (Lipinski definition) is 6. The summed E-state index contributed by atoms with van der Waals surface area (Å²) in [6.45, 7) is 4.83. The van der Waals surface area contributed by atoms with Gasteiger partial charge >= 0.3 is 0 Å². The number of carbonyl (C=O) groups excluding carboxylic acids is 1. The van der Waals surface area contributed by atoms with Crippen LogP contribution in [0.1, 0.15) is 11.3 Å².